The number of rotatable bonds is 2. The number of piperidine rings is 2. The number of nitrogens with zero attached hydrogens (tertiary/aromatic N) is 3. The zero-order chi connectivity index (χ0) is 14.9. The molecule has 2 aliphatic heterocycles. The van der Waals surface area contributed by atoms with E-state index < -0.39 is 4.92 Å². The Bertz CT molecular complexity index is 537. The summed E-state index contributed by atoms with van der Waals surface area (Å²) in [6.45, 7) is 4.03. The summed E-state index contributed by atoms with van der Waals surface area (Å²) in [5, 5.41) is 14.3. The molecule has 7 heteroatoms. The van der Waals surface area contributed by atoms with Gasteiger partial charge in [0, 0.05) is 31.1 Å². The van der Waals surface area contributed by atoms with Crippen molar-refractivity contribution in [3.05, 3.63) is 22.2 Å². The van der Waals surface area contributed by atoms with Crippen molar-refractivity contribution in [2.75, 3.05) is 36.8 Å². The molecule has 114 valence electrons. The lowest BCUT2D eigenvalue weighted by Crippen LogP contribution is -2.51. The monoisotopic (exact) mass is 291 g/mol. The topological polar surface area (TPSA) is 97.3 Å². The lowest BCUT2D eigenvalue weighted by molar-refractivity contribution is -0.384. The minimum absolute atomic E-state index is 0.00103. The maximum atomic E-state index is 10.8. The quantitative estimate of drug-likeness (QED) is 0.633. The van der Waals surface area contributed by atoms with Gasteiger partial charge in [0.2, 0.25) is 5.82 Å². The summed E-state index contributed by atoms with van der Waals surface area (Å²) >= 11 is 0. The Hall–Kier alpha value is -1.89. The van der Waals surface area contributed by atoms with Crippen LogP contribution in [0, 0.1) is 15.5 Å². The fourth-order valence-electron chi connectivity index (χ4n) is 3.57. The SMILES string of the molecule is Nc1nc(N2CCCC3(CCCNC3)C2)ccc1[N+](=O)[O-]. The first-order chi connectivity index (χ1) is 10.1. The van der Waals surface area contributed by atoms with Crippen LogP contribution in [0.3, 0.4) is 0 Å². The largest absolute Gasteiger partial charge is 0.378 e. The number of hydrogen-bond donors (Lipinski definition) is 2. The molecule has 0 aromatic carbocycles. The van der Waals surface area contributed by atoms with Gasteiger partial charge in [0.1, 0.15) is 5.82 Å². The van der Waals surface area contributed by atoms with Crippen LogP contribution in [0.25, 0.3) is 0 Å². The Kier molecular flexibility index (Phi) is 3.67. The molecule has 0 aliphatic carbocycles. The molecular weight excluding hydrogens is 270 g/mol. The highest BCUT2D eigenvalue weighted by molar-refractivity contribution is 5.58. The molecule has 3 N–H and O–H groups in total. The molecule has 0 bridgehead atoms. The third-order valence-electron chi connectivity index (χ3n) is 4.63. The lowest BCUT2D eigenvalue weighted by Gasteiger charge is -2.45. The molecule has 7 nitrogen and oxygen atoms in total. The second-order valence-electron chi connectivity index (χ2n) is 6.14. The molecule has 2 aliphatic rings. The molecule has 0 amide bonds. The van der Waals surface area contributed by atoms with Crippen LogP contribution in [0.4, 0.5) is 17.3 Å². The zero-order valence-electron chi connectivity index (χ0n) is 12.0. The minimum Gasteiger partial charge on any atom is -0.378 e. The van der Waals surface area contributed by atoms with E-state index in [-0.39, 0.29) is 11.5 Å². The zero-order valence-corrected chi connectivity index (χ0v) is 12.0. The number of hydrogen-bond acceptors (Lipinski definition) is 6. The van der Waals surface area contributed by atoms with Crippen molar-refractivity contribution in [1.29, 1.82) is 0 Å². The van der Waals surface area contributed by atoms with E-state index in [9.17, 15) is 10.1 Å². The smallest absolute Gasteiger partial charge is 0.311 e. The number of nitrogens with one attached hydrogen (secondary N) is 1. The predicted molar refractivity (Wildman–Crippen MR) is 81.3 cm³/mol. The van der Waals surface area contributed by atoms with Crippen LogP contribution >= 0.6 is 0 Å². The van der Waals surface area contributed by atoms with Crippen LogP contribution < -0.4 is 16.0 Å². The highest BCUT2D eigenvalue weighted by Crippen LogP contribution is 2.37. The lowest BCUT2D eigenvalue weighted by atomic mass is 9.74. The maximum Gasteiger partial charge on any atom is 0.311 e. The molecule has 0 radical (unpaired) electrons. The summed E-state index contributed by atoms with van der Waals surface area (Å²) in [5.74, 6) is 0.752. The average Bonchev–Trinajstić information content (AvgIpc) is 2.47. The van der Waals surface area contributed by atoms with Gasteiger partial charge in [-0.25, -0.2) is 4.98 Å². The summed E-state index contributed by atoms with van der Waals surface area (Å²) in [6, 6.07) is 3.17. The van der Waals surface area contributed by atoms with Gasteiger partial charge in [-0.1, -0.05) is 0 Å². The molecule has 0 saturated carbocycles. The summed E-state index contributed by atoms with van der Waals surface area (Å²) in [7, 11) is 0. The van der Waals surface area contributed by atoms with Gasteiger partial charge in [-0.15, -0.1) is 0 Å². The van der Waals surface area contributed by atoms with Crippen LogP contribution in [0.5, 0.6) is 0 Å². The number of aromatic nitrogens is 1. The van der Waals surface area contributed by atoms with E-state index in [1.165, 1.54) is 25.3 Å². The standard InChI is InChI=1S/C14H21N5O2/c15-13-11(19(20)21)3-4-12(17-13)18-8-2-6-14(10-18)5-1-7-16-9-14/h3-4,16H,1-2,5-10H2,(H2,15,17). The molecule has 1 unspecified atom stereocenters. The molecule has 2 fully saturated rings. The van der Waals surface area contributed by atoms with Crippen LogP contribution in [0.15, 0.2) is 12.1 Å². The van der Waals surface area contributed by atoms with E-state index in [2.05, 4.69) is 15.2 Å². The van der Waals surface area contributed by atoms with Crippen molar-refractivity contribution in [2.24, 2.45) is 5.41 Å². The van der Waals surface area contributed by atoms with Crippen LogP contribution in [0.2, 0.25) is 0 Å². The first-order valence-electron chi connectivity index (χ1n) is 7.46. The number of nitrogen functional groups attached to an aromatic ring is 1. The normalized spacial score (nSPS) is 26.0. The number of anilines is 2. The average molecular weight is 291 g/mol. The second kappa shape index (κ2) is 5.48. The highest BCUT2D eigenvalue weighted by Gasteiger charge is 2.37. The van der Waals surface area contributed by atoms with Gasteiger partial charge >= 0.3 is 5.69 Å². The molecule has 1 aromatic rings. The van der Waals surface area contributed by atoms with Gasteiger partial charge < -0.3 is 16.0 Å². The molecule has 1 spiro atoms. The second-order valence-corrected chi connectivity index (χ2v) is 6.14. The van der Waals surface area contributed by atoms with Crippen molar-refractivity contribution < 1.29 is 4.92 Å². The van der Waals surface area contributed by atoms with Crippen molar-refractivity contribution in [3.63, 3.8) is 0 Å². The third-order valence-corrected chi connectivity index (χ3v) is 4.63. The predicted octanol–water partition coefficient (Wildman–Crippen LogP) is 1.54. The van der Waals surface area contributed by atoms with Gasteiger partial charge in [-0.05, 0) is 38.3 Å². The van der Waals surface area contributed by atoms with Crippen molar-refractivity contribution in [2.45, 2.75) is 25.7 Å². The van der Waals surface area contributed by atoms with E-state index in [0.717, 1.165) is 38.4 Å². The Morgan fingerprint density at radius 1 is 1.38 bits per heavy atom. The number of nitro groups is 1. The molecule has 1 aromatic heterocycles. The summed E-state index contributed by atoms with van der Waals surface area (Å²) in [6.07, 6.45) is 4.81. The number of nitrogens with two attached hydrogens (primary N) is 1. The number of pyridine rings is 1. The molecule has 3 heterocycles. The van der Waals surface area contributed by atoms with Crippen molar-refractivity contribution >= 4 is 17.3 Å². The Morgan fingerprint density at radius 2 is 2.19 bits per heavy atom. The van der Waals surface area contributed by atoms with E-state index in [1.807, 2.05) is 0 Å². The van der Waals surface area contributed by atoms with Gasteiger partial charge in [0.15, 0.2) is 0 Å². The van der Waals surface area contributed by atoms with Gasteiger partial charge in [0.05, 0.1) is 4.92 Å². The Labute approximate surface area is 123 Å². The van der Waals surface area contributed by atoms with E-state index in [1.54, 1.807) is 6.07 Å². The minimum atomic E-state index is -0.491. The molecule has 21 heavy (non-hydrogen) atoms. The van der Waals surface area contributed by atoms with Crippen LogP contribution in [-0.2, 0) is 0 Å². The Morgan fingerprint density at radius 3 is 2.86 bits per heavy atom. The van der Waals surface area contributed by atoms with Crippen molar-refractivity contribution in [1.82, 2.24) is 10.3 Å². The third kappa shape index (κ3) is 2.78. The summed E-state index contributed by atoms with van der Waals surface area (Å²) in [4.78, 5) is 16.8. The highest BCUT2D eigenvalue weighted by atomic mass is 16.6. The molecule has 1 atom stereocenters. The van der Waals surface area contributed by atoms with E-state index >= 15 is 0 Å². The van der Waals surface area contributed by atoms with Crippen LogP contribution in [0.1, 0.15) is 25.7 Å². The summed E-state index contributed by atoms with van der Waals surface area (Å²) < 4.78 is 0. The van der Waals surface area contributed by atoms with Crippen LogP contribution in [-0.4, -0.2) is 36.1 Å². The van der Waals surface area contributed by atoms with Crippen molar-refractivity contribution in [3.8, 4) is 0 Å². The molecular formula is C14H21N5O2. The first-order valence-corrected chi connectivity index (χ1v) is 7.46. The van der Waals surface area contributed by atoms with E-state index in [4.69, 9.17) is 5.73 Å². The van der Waals surface area contributed by atoms with Gasteiger partial charge in [-0.3, -0.25) is 10.1 Å². The molecule has 3 rings (SSSR count). The first kappa shape index (κ1) is 14.1. The van der Waals surface area contributed by atoms with Gasteiger partial charge in [0.25, 0.3) is 0 Å². The fraction of sp³-hybridized carbons (Fsp3) is 0.643. The van der Waals surface area contributed by atoms with E-state index in [0.29, 0.717) is 5.41 Å². The Balaban J connectivity index is 1.80. The molecule has 2 saturated heterocycles. The van der Waals surface area contributed by atoms with Gasteiger partial charge in [-0.2, -0.15) is 0 Å². The maximum absolute atomic E-state index is 10.8. The fourth-order valence-corrected chi connectivity index (χ4v) is 3.57. The summed E-state index contributed by atoms with van der Waals surface area (Å²) in [5.41, 5.74) is 5.90.